The number of benzene rings is 1. The highest BCUT2D eigenvalue weighted by Crippen LogP contribution is 2.38. The number of hydrogen-bond acceptors (Lipinski definition) is 1. The number of rotatable bonds is 2. The van der Waals surface area contributed by atoms with Crippen molar-refractivity contribution in [3.05, 3.63) is 53.4 Å². The fraction of sp³-hybridized carbons (Fsp3) is 0.167. The Balaban J connectivity index is 2.41. The quantitative estimate of drug-likeness (QED) is 0.672. The summed E-state index contributed by atoms with van der Waals surface area (Å²) in [4.78, 5) is 0. The minimum Gasteiger partial charge on any atom is -0.496 e. The molecular weight excluding hydrogens is 191 g/mol. The first-order chi connectivity index (χ1) is 6.83. The number of para-hydroxylation sites is 1. The lowest BCUT2D eigenvalue weighted by atomic mass is 10.00. The molecule has 0 aromatic heterocycles. The summed E-state index contributed by atoms with van der Waals surface area (Å²) in [6, 6.07) is 8.14. The zero-order valence-corrected chi connectivity index (χ0v) is 9.26. The molecule has 1 aromatic rings. The van der Waals surface area contributed by atoms with E-state index in [1.54, 1.807) is 7.11 Å². The van der Waals surface area contributed by atoms with Gasteiger partial charge in [0.15, 0.2) is 0 Å². The van der Waals surface area contributed by atoms with E-state index in [4.69, 9.17) is 4.74 Å². The van der Waals surface area contributed by atoms with Crippen molar-refractivity contribution >= 4 is 9.24 Å². The third-order valence-electron chi connectivity index (χ3n) is 2.43. The molecule has 2 heteroatoms. The standard InChI is InChI=1S/C12H13OP/c1-13-11-7-3-2-5-9(11)10-6-4-8-12(10)14/h2-8,10H,14H2,1H3. The molecule has 1 nitrogen and oxygen atoms in total. The summed E-state index contributed by atoms with van der Waals surface area (Å²) in [5.41, 5.74) is 1.23. The van der Waals surface area contributed by atoms with Gasteiger partial charge in [0.05, 0.1) is 7.11 Å². The van der Waals surface area contributed by atoms with Gasteiger partial charge >= 0.3 is 0 Å². The topological polar surface area (TPSA) is 9.23 Å². The predicted octanol–water partition coefficient (Wildman–Crippen LogP) is 3.11. The molecule has 0 radical (unpaired) electrons. The molecule has 0 spiro atoms. The number of ether oxygens (including phenoxy) is 1. The Morgan fingerprint density at radius 1 is 1.29 bits per heavy atom. The van der Waals surface area contributed by atoms with E-state index >= 15 is 0 Å². The van der Waals surface area contributed by atoms with E-state index in [1.165, 1.54) is 10.9 Å². The maximum absolute atomic E-state index is 5.34. The molecule has 2 unspecified atom stereocenters. The molecule has 0 aliphatic heterocycles. The minimum absolute atomic E-state index is 0.358. The Hall–Kier alpha value is -1.07. The molecule has 0 N–H and O–H groups in total. The van der Waals surface area contributed by atoms with E-state index in [0.717, 1.165) is 5.75 Å². The van der Waals surface area contributed by atoms with Crippen LogP contribution >= 0.6 is 9.24 Å². The Bertz CT molecular complexity index is 393. The molecule has 0 saturated carbocycles. The van der Waals surface area contributed by atoms with Gasteiger partial charge in [-0.1, -0.05) is 36.4 Å². The molecule has 72 valence electrons. The molecule has 14 heavy (non-hydrogen) atoms. The van der Waals surface area contributed by atoms with Crippen LogP contribution in [-0.2, 0) is 0 Å². The average Bonchev–Trinajstić information content (AvgIpc) is 2.64. The first-order valence-corrected chi connectivity index (χ1v) is 5.17. The van der Waals surface area contributed by atoms with Crippen molar-refractivity contribution in [3.8, 4) is 5.75 Å². The Kier molecular flexibility index (Phi) is 2.69. The van der Waals surface area contributed by atoms with E-state index in [1.807, 2.05) is 18.2 Å². The molecule has 1 aliphatic carbocycles. The zero-order chi connectivity index (χ0) is 9.97. The highest BCUT2D eigenvalue weighted by molar-refractivity contribution is 7.22. The first-order valence-electron chi connectivity index (χ1n) is 4.59. The van der Waals surface area contributed by atoms with E-state index < -0.39 is 0 Å². The molecule has 0 fully saturated rings. The van der Waals surface area contributed by atoms with Crippen molar-refractivity contribution in [2.24, 2.45) is 0 Å². The van der Waals surface area contributed by atoms with E-state index in [0.29, 0.717) is 5.92 Å². The molecule has 0 amide bonds. The van der Waals surface area contributed by atoms with Gasteiger partial charge in [-0.15, -0.1) is 9.24 Å². The van der Waals surface area contributed by atoms with Crippen LogP contribution in [0, 0.1) is 0 Å². The molecule has 0 saturated heterocycles. The van der Waals surface area contributed by atoms with Gasteiger partial charge in [-0.2, -0.15) is 0 Å². The SMILES string of the molecule is COc1ccccc1C1C=CC=C1P. The van der Waals surface area contributed by atoms with Crippen LogP contribution < -0.4 is 4.74 Å². The summed E-state index contributed by atoms with van der Waals surface area (Å²) in [6.45, 7) is 0. The maximum atomic E-state index is 5.34. The van der Waals surface area contributed by atoms with Crippen molar-refractivity contribution in [2.75, 3.05) is 7.11 Å². The second-order valence-electron chi connectivity index (χ2n) is 3.27. The lowest BCUT2D eigenvalue weighted by molar-refractivity contribution is 0.409. The Morgan fingerprint density at radius 2 is 2.07 bits per heavy atom. The summed E-state index contributed by atoms with van der Waals surface area (Å²) < 4.78 is 5.34. The fourth-order valence-corrected chi connectivity index (χ4v) is 2.10. The predicted molar refractivity (Wildman–Crippen MR) is 62.7 cm³/mol. The van der Waals surface area contributed by atoms with E-state index in [9.17, 15) is 0 Å². The third kappa shape index (κ3) is 1.60. The second-order valence-corrected chi connectivity index (χ2v) is 3.94. The highest BCUT2D eigenvalue weighted by Gasteiger charge is 2.16. The molecule has 1 aromatic carbocycles. The minimum atomic E-state index is 0.358. The molecule has 0 bridgehead atoms. The van der Waals surface area contributed by atoms with Crippen molar-refractivity contribution in [3.63, 3.8) is 0 Å². The number of methoxy groups -OCH3 is 1. The van der Waals surface area contributed by atoms with Crippen LogP contribution in [0.15, 0.2) is 47.8 Å². The Morgan fingerprint density at radius 3 is 2.71 bits per heavy atom. The van der Waals surface area contributed by atoms with Gasteiger partial charge in [0.1, 0.15) is 5.75 Å². The van der Waals surface area contributed by atoms with Crippen LogP contribution in [0.5, 0.6) is 5.75 Å². The smallest absolute Gasteiger partial charge is 0.122 e. The van der Waals surface area contributed by atoms with Crippen molar-refractivity contribution in [2.45, 2.75) is 5.92 Å². The number of allylic oxidation sites excluding steroid dienone is 4. The fourth-order valence-electron chi connectivity index (χ4n) is 1.70. The van der Waals surface area contributed by atoms with Gasteiger partial charge in [-0.3, -0.25) is 0 Å². The zero-order valence-electron chi connectivity index (χ0n) is 8.10. The van der Waals surface area contributed by atoms with Gasteiger partial charge in [-0.25, -0.2) is 0 Å². The first kappa shape index (κ1) is 9.48. The lowest BCUT2D eigenvalue weighted by Gasteiger charge is -2.14. The highest BCUT2D eigenvalue weighted by atomic mass is 31.0. The van der Waals surface area contributed by atoms with Crippen LogP contribution in [0.2, 0.25) is 0 Å². The van der Waals surface area contributed by atoms with Gasteiger partial charge in [0.25, 0.3) is 0 Å². The molecule has 2 rings (SSSR count). The van der Waals surface area contributed by atoms with Crippen LogP contribution in [0.3, 0.4) is 0 Å². The summed E-state index contributed by atoms with van der Waals surface area (Å²) in [6.07, 6.45) is 6.38. The molecule has 1 aliphatic rings. The molecule has 2 atom stereocenters. The summed E-state index contributed by atoms with van der Waals surface area (Å²) in [5, 5.41) is 1.29. The summed E-state index contributed by atoms with van der Waals surface area (Å²) in [7, 11) is 4.48. The van der Waals surface area contributed by atoms with Crippen LogP contribution in [0.4, 0.5) is 0 Å². The van der Waals surface area contributed by atoms with Gasteiger partial charge in [-0.05, 0) is 11.4 Å². The summed E-state index contributed by atoms with van der Waals surface area (Å²) in [5.74, 6) is 1.31. The van der Waals surface area contributed by atoms with Gasteiger partial charge in [0.2, 0.25) is 0 Å². The average molecular weight is 204 g/mol. The lowest BCUT2D eigenvalue weighted by Crippen LogP contribution is -1.96. The van der Waals surface area contributed by atoms with Crippen molar-refractivity contribution in [1.29, 1.82) is 0 Å². The second kappa shape index (κ2) is 3.98. The normalized spacial score (nSPS) is 19.6. The van der Waals surface area contributed by atoms with Gasteiger partial charge in [0, 0.05) is 11.5 Å². The van der Waals surface area contributed by atoms with E-state index in [-0.39, 0.29) is 0 Å². The van der Waals surface area contributed by atoms with Crippen LogP contribution in [0.25, 0.3) is 0 Å². The van der Waals surface area contributed by atoms with E-state index in [2.05, 4.69) is 33.5 Å². The van der Waals surface area contributed by atoms with Crippen molar-refractivity contribution < 1.29 is 4.74 Å². The monoisotopic (exact) mass is 204 g/mol. The third-order valence-corrected chi connectivity index (χ3v) is 2.98. The largest absolute Gasteiger partial charge is 0.496 e. The van der Waals surface area contributed by atoms with Crippen LogP contribution in [0.1, 0.15) is 11.5 Å². The molecular formula is C12H13OP. The van der Waals surface area contributed by atoms with Crippen LogP contribution in [-0.4, -0.2) is 7.11 Å². The Labute approximate surface area is 86.7 Å². The maximum Gasteiger partial charge on any atom is 0.122 e. The summed E-state index contributed by atoms with van der Waals surface area (Å²) >= 11 is 0. The molecule has 0 heterocycles. The van der Waals surface area contributed by atoms with Crippen molar-refractivity contribution in [1.82, 2.24) is 0 Å². The number of hydrogen-bond donors (Lipinski definition) is 0. The van der Waals surface area contributed by atoms with Gasteiger partial charge < -0.3 is 4.74 Å².